The van der Waals surface area contributed by atoms with Crippen molar-refractivity contribution in [3.8, 4) is 17.0 Å². The lowest BCUT2D eigenvalue weighted by Crippen LogP contribution is -2.15. The molecule has 0 bridgehead atoms. The molecule has 0 spiro atoms. The van der Waals surface area contributed by atoms with Gasteiger partial charge in [-0.3, -0.25) is 0 Å². The smallest absolute Gasteiger partial charge is 0.269 e. The van der Waals surface area contributed by atoms with Gasteiger partial charge < -0.3 is 9.64 Å². The molecule has 130 valence electrons. The molecule has 0 atom stereocenters. The molecule has 1 aromatic heterocycles. The number of para-hydroxylation sites is 1. The quantitative estimate of drug-likeness (QED) is 0.564. The fourth-order valence-electron chi connectivity index (χ4n) is 3.53. The molecule has 1 aliphatic heterocycles. The number of rotatable bonds is 4. The molecule has 0 amide bonds. The Balaban J connectivity index is 2.08. The third kappa shape index (κ3) is 2.28. The number of benzene rings is 2. The summed E-state index contributed by atoms with van der Waals surface area (Å²) in [6, 6.07) is 12.9. The van der Waals surface area contributed by atoms with E-state index in [1.54, 1.807) is 19.2 Å². The molecule has 5 nitrogen and oxygen atoms in total. The number of fused-ring (bicyclic) bond motifs is 5. The molecule has 0 N–H and O–H groups in total. The van der Waals surface area contributed by atoms with Crippen LogP contribution in [0.3, 0.4) is 0 Å². The fraction of sp³-hybridized carbons (Fsp3) is 0.263. The number of likely N-dealkylation sites (N-methyl/N-ethyl adjacent to an activating group) is 1. The molecular weight excluding hydrogens is 336 g/mol. The maximum absolute atomic E-state index is 13.2. The van der Waals surface area contributed by atoms with Crippen LogP contribution < -0.4 is 4.74 Å². The average Bonchev–Trinajstić information content (AvgIpc) is 3.04. The van der Waals surface area contributed by atoms with Crippen molar-refractivity contribution in [2.75, 3.05) is 27.7 Å². The zero-order valence-corrected chi connectivity index (χ0v) is 15.3. The van der Waals surface area contributed by atoms with Gasteiger partial charge in [-0.1, -0.05) is 18.2 Å². The first-order chi connectivity index (χ1) is 11.9. The predicted octanol–water partition coefficient (Wildman–Crippen LogP) is 2.97. The molecule has 25 heavy (non-hydrogen) atoms. The van der Waals surface area contributed by atoms with Gasteiger partial charge in [0.05, 0.1) is 23.2 Å². The van der Waals surface area contributed by atoms with Crippen molar-refractivity contribution in [1.29, 1.82) is 0 Å². The van der Waals surface area contributed by atoms with Crippen LogP contribution >= 0.6 is 0 Å². The number of methoxy groups -OCH3 is 1. The van der Waals surface area contributed by atoms with E-state index in [-0.39, 0.29) is 0 Å². The molecule has 6 heteroatoms. The lowest BCUT2D eigenvalue weighted by atomic mass is 10.0. The zero-order chi connectivity index (χ0) is 17.8. The Morgan fingerprint density at radius 2 is 1.88 bits per heavy atom. The summed E-state index contributed by atoms with van der Waals surface area (Å²) >= 11 is 0. The highest BCUT2D eigenvalue weighted by atomic mass is 32.2. The van der Waals surface area contributed by atoms with E-state index in [0.29, 0.717) is 10.6 Å². The Bertz CT molecular complexity index is 1080. The molecule has 1 aliphatic rings. The van der Waals surface area contributed by atoms with Crippen LogP contribution in [0.5, 0.6) is 5.75 Å². The molecule has 4 rings (SSSR count). The lowest BCUT2D eigenvalue weighted by Gasteiger charge is -2.10. The number of aromatic nitrogens is 1. The molecular formula is C19H20N2O3S. The standard InChI is InChI=1S/C19H20N2O3S/c1-20(2)11-10-15-14-6-4-5-7-17(14)21-19(15)16-12-13(24-3)8-9-18(16)25(21,22)23/h4-9,12H,10-11H2,1-3H3. The van der Waals surface area contributed by atoms with E-state index in [1.807, 2.05) is 44.4 Å². The Morgan fingerprint density at radius 1 is 1.12 bits per heavy atom. The second kappa shape index (κ2) is 5.61. The van der Waals surface area contributed by atoms with E-state index in [4.69, 9.17) is 4.74 Å². The van der Waals surface area contributed by atoms with E-state index < -0.39 is 10.0 Å². The molecule has 2 aromatic carbocycles. The van der Waals surface area contributed by atoms with E-state index >= 15 is 0 Å². The largest absolute Gasteiger partial charge is 0.497 e. The Kier molecular flexibility index (Phi) is 3.63. The Labute approximate surface area is 147 Å². The predicted molar refractivity (Wildman–Crippen MR) is 98.8 cm³/mol. The van der Waals surface area contributed by atoms with Gasteiger partial charge >= 0.3 is 0 Å². The highest BCUT2D eigenvalue weighted by Crippen LogP contribution is 2.46. The van der Waals surface area contributed by atoms with Gasteiger partial charge in [0.1, 0.15) is 5.75 Å². The van der Waals surface area contributed by atoms with E-state index in [0.717, 1.165) is 40.7 Å². The van der Waals surface area contributed by atoms with Crippen molar-refractivity contribution in [3.63, 3.8) is 0 Å². The van der Waals surface area contributed by atoms with Crippen LogP contribution in [0, 0.1) is 0 Å². The van der Waals surface area contributed by atoms with Gasteiger partial charge in [0.25, 0.3) is 10.0 Å². The van der Waals surface area contributed by atoms with E-state index in [1.165, 1.54) is 3.97 Å². The van der Waals surface area contributed by atoms with Crippen LogP contribution in [0.2, 0.25) is 0 Å². The van der Waals surface area contributed by atoms with Crippen molar-refractivity contribution in [3.05, 3.63) is 48.0 Å². The van der Waals surface area contributed by atoms with Gasteiger partial charge in [-0.15, -0.1) is 0 Å². The second-order valence-electron chi connectivity index (χ2n) is 6.53. The van der Waals surface area contributed by atoms with Crippen molar-refractivity contribution in [2.45, 2.75) is 11.3 Å². The van der Waals surface area contributed by atoms with E-state index in [2.05, 4.69) is 4.90 Å². The molecule has 0 saturated heterocycles. The fourth-order valence-corrected chi connectivity index (χ4v) is 5.27. The SMILES string of the molecule is COc1ccc2c(c1)-c1c(CCN(C)C)c3ccccc3n1S2(=O)=O. The first-order valence-corrected chi connectivity index (χ1v) is 9.60. The number of ether oxygens (including phenoxy) is 1. The Morgan fingerprint density at radius 3 is 2.60 bits per heavy atom. The summed E-state index contributed by atoms with van der Waals surface area (Å²) < 4.78 is 33.1. The van der Waals surface area contributed by atoms with Crippen molar-refractivity contribution < 1.29 is 13.2 Å². The summed E-state index contributed by atoms with van der Waals surface area (Å²) in [5.74, 6) is 0.659. The van der Waals surface area contributed by atoms with Crippen LogP contribution in [-0.4, -0.2) is 45.0 Å². The number of hydrogen-bond donors (Lipinski definition) is 0. The molecule has 0 unspecified atom stereocenters. The highest BCUT2D eigenvalue weighted by Gasteiger charge is 2.37. The van der Waals surface area contributed by atoms with Crippen LogP contribution in [0.25, 0.3) is 22.2 Å². The third-order valence-corrected chi connectivity index (χ3v) is 6.48. The summed E-state index contributed by atoms with van der Waals surface area (Å²) in [5.41, 5.74) is 3.31. The van der Waals surface area contributed by atoms with Crippen molar-refractivity contribution in [2.24, 2.45) is 0 Å². The van der Waals surface area contributed by atoms with Gasteiger partial charge in [-0.2, -0.15) is 0 Å². The van der Waals surface area contributed by atoms with Gasteiger partial charge in [0.2, 0.25) is 0 Å². The highest BCUT2D eigenvalue weighted by molar-refractivity contribution is 7.90. The summed E-state index contributed by atoms with van der Waals surface area (Å²) in [6.45, 7) is 0.848. The van der Waals surface area contributed by atoms with Gasteiger partial charge in [0.15, 0.2) is 0 Å². The summed E-state index contributed by atoms with van der Waals surface area (Å²) in [7, 11) is 2.04. The van der Waals surface area contributed by atoms with Crippen LogP contribution in [0.4, 0.5) is 0 Å². The first-order valence-electron chi connectivity index (χ1n) is 8.16. The Hall–Kier alpha value is -2.31. The summed E-state index contributed by atoms with van der Waals surface area (Å²) in [4.78, 5) is 2.45. The van der Waals surface area contributed by atoms with Gasteiger partial charge in [-0.25, -0.2) is 12.4 Å². The molecule has 0 saturated carbocycles. The normalized spacial score (nSPS) is 14.7. The maximum Gasteiger partial charge on any atom is 0.269 e. The number of hydrogen-bond acceptors (Lipinski definition) is 4. The van der Waals surface area contributed by atoms with Crippen LogP contribution in [-0.2, 0) is 16.4 Å². The minimum absolute atomic E-state index is 0.347. The third-order valence-electron chi connectivity index (χ3n) is 4.71. The lowest BCUT2D eigenvalue weighted by molar-refractivity contribution is 0.414. The molecule has 3 aromatic rings. The average molecular weight is 356 g/mol. The van der Waals surface area contributed by atoms with E-state index in [9.17, 15) is 8.42 Å². The minimum Gasteiger partial charge on any atom is -0.497 e. The minimum atomic E-state index is -3.59. The second-order valence-corrected chi connectivity index (χ2v) is 8.28. The van der Waals surface area contributed by atoms with Gasteiger partial charge in [-0.05, 0) is 50.3 Å². The molecule has 0 fully saturated rings. The number of nitrogens with zero attached hydrogens (tertiary/aromatic N) is 2. The molecule has 0 radical (unpaired) electrons. The summed E-state index contributed by atoms with van der Waals surface area (Å²) in [6.07, 6.45) is 0.780. The topological polar surface area (TPSA) is 51.5 Å². The monoisotopic (exact) mass is 356 g/mol. The first kappa shape index (κ1) is 16.2. The molecule has 2 heterocycles. The van der Waals surface area contributed by atoms with Gasteiger partial charge in [0, 0.05) is 17.5 Å². The molecule has 0 aliphatic carbocycles. The van der Waals surface area contributed by atoms with Crippen molar-refractivity contribution in [1.82, 2.24) is 8.87 Å². The van der Waals surface area contributed by atoms with Crippen LogP contribution in [0.15, 0.2) is 47.4 Å². The maximum atomic E-state index is 13.2. The van der Waals surface area contributed by atoms with Crippen LogP contribution in [0.1, 0.15) is 5.56 Å². The zero-order valence-electron chi connectivity index (χ0n) is 14.5. The van der Waals surface area contributed by atoms with Crippen molar-refractivity contribution >= 4 is 20.9 Å². The summed E-state index contributed by atoms with van der Waals surface area (Å²) in [5, 5.41) is 0.997.